The van der Waals surface area contributed by atoms with Gasteiger partial charge in [-0.05, 0) is 31.4 Å². The largest absolute Gasteiger partial charge is 0.325 e. The lowest BCUT2D eigenvalue weighted by atomic mass is 9.94. The highest BCUT2D eigenvalue weighted by atomic mass is 15.1. The van der Waals surface area contributed by atoms with E-state index >= 15 is 0 Å². The predicted molar refractivity (Wildman–Crippen MR) is 76.9 cm³/mol. The van der Waals surface area contributed by atoms with E-state index < -0.39 is 0 Å². The molecule has 2 aromatic heterocycles. The molecule has 1 aliphatic carbocycles. The summed E-state index contributed by atoms with van der Waals surface area (Å²) in [6.45, 7) is 3.16. The average molecular weight is 258 g/mol. The van der Waals surface area contributed by atoms with Crippen LogP contribution < -0.4 is 5.73 Å². The van der Waals surface area contributed by atoms with Crippen LogP contribution in [0.25, 0.3) is 11.2 Å². The van der Waals surface area contributed by atoms with Crippen molar-refractivity contribution in [1.29, 1.82) is 0 Å². The molecule has 3 rings (SSSR count). The summed E-state index contributed by atoms with van der Waals surface area (Å²) in [5.74, 6) is 1.11. The SMILES string of the molecule is CCCn1c(CC2(N)CCCC2)nc2cccnc21. The molecule has 1 aliphatic rings. The van der Waals surface area contributed by atoms with E-state index in [1.54, 1.807) is 0 Å². The Morgan fingerprint density at radius 3 is 2.89 bits per heavy atom. The zero-order valence-electron chi connectivity index (χ0n) is 11.6. The van der Waals surface area contributed by atoms with Crippen LogP contribution in [0, 0.1) is 0 Å². The van der Waals surface area contributed by atoms with Crippen molar-refractivity contribution < 1.29 is 0 Å². The van der Waals surface area contributed by atoms with Crippen LogP contribution in [0.15, 0.2) is 18.3 Å². The molecule has 102 valence electrons. The molecule has 0 aromatic carbocycles. The summed E-state index contributed by atoms with van der Waals surface area (Å²) in [7, 11) is 0. The molecule has 0 aliphatic heterocycles. The number of hydrogen-bond donors (Lipinski definition) is 1. The van der Waals surface area contributed by atoms with Gasteiger partial charge in [-0.15, -0.1) is 0 Å². The fourth-order valence-electron chi connectivity index (χ4n) is 3.17. The molecule has 2 aromatic rings. The van der Waals surface area contributed by atoms with E-state index in [1.807, 2.05) is 18.3 Å². The van der Waals surface area contributed by atoms with Crippen molar-refractivity contribution in [2.45, 2.75) is 57.5 Å². The topological polar surface area (TPSA) is 56.7 Å². The normalized spacial score (nSPS) is 18.2. The number of pyridine rings is 1. The molecule has 0 radical (unpaired) electrons. The molecule has 0 atom stereocenters. The maximum Gasteiger partial charge on any atom is 0.159 e. The number of nitrogens with zero attached hydrogens (tertiary/aromatic N) is 3. The molecule has 4 heteroatoms. The molecule has 0 saturated heterocycles. The van der Waals surface area contributed by atoms with E-state index in [9.17, 15) is 0 Å². The third-order valence-corrected chi connectivity index (χ3v) is 4.14. The molecular formula is C15H22N4. The minimum atomic E-state index is -0.0487. The standard InChI is InChI=1S/C15H22N4/c1-2-10-19-13(11-15(16)7-3-4-8-15)18-12-6-5-9-17-14(12)19/h5-6,9H,2-4,7-8,10-11,16H2,1H3. The van der Waals surface area contributed by atoms with Crippen molar-refractivity contribution in [2.75, 3.05) is 0 Å². The van der Waals surface area contributed by atoms with Gasteiger partial charge in [-0.2, -0.15) is 0 Å². The Morgan fingerprint density at radius 1 is 1.37 bits per heavy atom. The second kappa shape index (κ2) is 4.93. The van der Waals surface area contributed by atoms with E-state index in [0.717, 1.165) is 49.2 Å². The zero-order valence-corrected chi connectivity index (χ0v) is 11.6. The fraction of sp³-hybridized carbons (Fsp3) is 0.600. The highest BCUT2D eigenvalue weighted by Gasteiger charge is 2.31. The number of imidazole rings is 1. The maximum absolute atomic E-state index is 6.50. The molecule has 0 unspecified atom stereocenters. The summed E-state index contributed by atoms with van der Waals surface area (Å²) >= 11 is 0. The van der Waals surface area contributed by atoms with Crippen LogP contribution in [-0.4, -0.2) is 20.1 Å². The number of rotatable bonds is 4. The third kappa shape index (κ3) is 2.37. The number of aryl methyl sites for hydroxylation is 1. The van der Waals surface area contributed by atoms with E-state index in [2.05, 4.69) is 16.5 Å². The highest BCUT2D eigenvalue weighted by molar-refractivity contribution is 5.71. The van der Waals surface area contributed by atoms with Gasteiger partial charge in [0.05, 0.1) is 0 Å². The Morgan fingerprint density at radius 2 is 2.16 bits per heavy atom. The Balaban J connectivity index is 1.99. The van der Waals surface area contributed by atoms with Crippen LogP contribution in [0.2, 0.25) is 0 Å². The number of fused-ring (bicyclic) bond motifs is 1. The number of nitrogens with two attached hydrogens (primary N) is 1. The summed E-state index contributed by atoms with van der Waals surface area (Å²) in [6.07, 6.45) is 8.56. The van der Waals surface area contributed by atoms with Crippen LogP contribution in [-0.2, 0) is 13.0 Å². The molecule has 2 N–H and O–H groups in total. The van der Waals surface area contributed by atoms with Crippen LogP contribution in [0.1, 0.15) is 44.9 Å². The minimum Gasteiger partial charge on any atom is -0.325 e. The summed E-state index contributed by atoms with van der Waals surface area (Å²) < 4.78 is 2.25. The van der Waals surface area contributed by atoms with Crippen molar-refractivity contribution in [3.63, 3.8) is 0 Å². The van der Waals surface area contributed by atoms with Gasteiger partial charge in [0, 0.05) is 24.7 Å². The number of hydrogen-bond acceptors (Lipinski definition) is 3. The second-order valence-corrected chi connectivity index (χ2v) is 5.77. The molecule has 19 heavy (non-hydrogen) atoms. The quantitative estimate of drug-likeness (QED) is 0.917. The highest BCUT2D eigenvalue weighted by Crippen LogP contribution is 2.31. The Kier molecular flexibility index (Phi) is 3.27. The molecule has 1 saturated carbocycles. The van der Waals surface area contributed by atoms with Gasteiger partial charge >= 0.3 is 0 Å². The lowest BCUT2D eigenvalue weighted by molar-refractivity contribution is 0.417. The Bertz CT molecular complexity index is 567. The average Bonchev–Trinajstić information content (AvgIpc) is 2.96. The molecule has 1 fully saturated rings. The number of aromatic nitrogens is 3. The van der Waals surface area contributed by atoms with Crippen molar-refractivity contribution in [3.8, 4) is 0 Å². The van der Waals surface area contributed by atoms with Crippen molar-refractivity contribution in [3.05, 3.63) is 24.2 Å². The molecule has 0 amide bonds. The van der Waals surface area contributed by atoms with Crippen molar-refractivity contribution in [1.82, 2.24) is 14.5 Å². The van der Waals surface area contributed by atoms with Crippen LogP contribution in [0.4, 0.5) is 0 Å². The van der Waals surface area contributed by atoms with E-state index in [4.69, 9.17) is 10.7 Å². The Hall–Kier alpha value is -1.42. The first-order chi connectivity index (χ1) is 9.22. The second-order valence-electron chi connectivity index (χ2n) is 5.77. The first-order valence-corrected chi connectivity index (χ1v) is 7.31. The smallest absolute Gasteiger partial charge is 0.159 e. The predicted octanol–water partition coefficient (Wildman–Crippen LogP) is 2.66. The molecular weight excluding hydrogens is 236 g/mol. The van der Waals surface area contributed by atoms with Gasteiger partial charge in [-0.3, -0.25) is 0 Å². The van der Waals surface area contributed by atoms with Gasteiger partial charge in [0.2, 0.25) is 0 Å². The zero-order chi connectivity index (χ0) is 13.3. The first-order valence-electron chi connectivity index (χ1n) is 7.31. The molecule has 2 heterocycles. The van der Waals surface area contributed by atoms with Crippen LogP contribution >= 0.6 is 0 Å². The van der Waals surface area contributed by atoms with Crippen molar-refractivity contribution >= 4 is 11.2 Å². The summed E-state index contributed by atoms with van der Waals surface area (Å²) in [5.41, 5.74) is 8.45. The summed E-state index contributed by atoms with van der Waals surface area (Å²) in [5, 5.41) is 0. The first kappa shape index (κ1) is 12.6. The molecule has 4 nitrogen and oxygen atoms in total. The van der Waals surface area contributed by atoms with E-state index in [0.29, 0.717) is 0 Å². The van der Waals surface area contributed by atoms with Crippen LogP contribution in [0.5, 0.6) is 0 Å². The summed E-state index contributed by atoms with van der Waals surface area (Å²) in [4.78, 5) is 9.24. The van der Waals surface area contributed by atoms with Crippen molar-refractivity contribution in [2.24, 2.45) is 5.73 Å². The third-order valence-electron chi connectivity index (χ3n) is 4.14. The minimum absolute atomic E-state index is 0.0487. The van der Waals surface area contributed by atoms with E-state index in [-0.39, 0.29) is 5.54 Å². The van der Waals surface area contributed by atoms with Gasteiger partial charge in [-0.25, -0.2) is 9.97 Å². The Labute approximate surface area is 114 Å². The summed E-state index contributed by atoms with van der Waals surface area (Å²) in [6, 6.07) is 3.99. The maximum atomic E-state index is 6.50. The van der Waals surface area contributed by atoms with Gasteiger partial charge in [0.1, 0.15) is 11.3 Å². The van der Waals surface area contributed by atoms with E-state index in [1.165, 1.54) is 12.8 Å². The van der Waals surface area contributed by atoms with Gasteiger partial charge in [-0.1, -0.05) is 19.8 Å². The van der Waals surface area contributed by atoms with Crippen LogP contribution in [0.3, 0.4) is 0 Å². The van der Waals surface area contributed by atoms with Gasteiger partial charge < -0.3 is 10.3 Å². The lowest BCUT2D eigenvalue weighted by Gasteiger charge is -2.23. The monoisotopic (exact) mass is 258 g/mol. The lowest BCUT2D eigenvalue weighted by Crippen LogP contribution is -2.39. The fourth-order valence-corrected chi connectivity index (χ4v) is 3.17. The van der Waals surface area contributed by atoms with Gasteiger partial charge in [0.25, 0.3) is 0 Å². The molecule has 0 bridgehead atoms. The molecule has 0 spiro atoms. The van der Waals surface area contributed by atoms with Gasteiger partial charge in [0.15, 0.2) is 5.65 Å².